The molecule has 0 heterocycles. The van der Waals surface area contributed by atoms with Gasteiger partial charge in [0.2, 0.25) is 0 Å². The van der Waals surface area contributed by atoms with Gasteiger partial charge in [0.05, 0.1) is 6.61 Å². The van der Waals surface area contributed by atoms with Gasteiger partial charge >= 0.3 is 0 Å². The van der Waals surface area contributed by atoms with E-state index in [-0.39, 0.29) is 12.5 Å². The Kier molecular flexibility index (Phi) is 7.30. The van der Waals surface area contributed by atoms with Gasteiger partial charge in [0, 0.05) is 11.9 Å². The van der Waals surface area contributed by atoms with E-state index >= 15 is 0 Å². The van der Waals surface area contributed by atoms with E-state index < -0.39 is 0 Å². The van der Waals surface area contributed by atoms with E-state index in [1.807, 2.05) is 60.7 Å². The minimum absolute atomic E-state index is 0.0181. The molecule has 0 unspecified atom stereocenters. The molecule has 0 saturated carbocycles. The van der Waals surface area contributed by atoms with Gasteiger partial charge in [-0.15, -0.1) is 0 Å². The van der Waals surface area contributed by atoms with E-state index in [4.69, 9.17) is 9.47 Å². The molecule has 0 bridgehead atoms. The molecule has 0 aliphatic carbocycles. The number of nitrogens with one attached hydrogen (secondary N) is 1. The molecule has 4 nitrogen and oxygen atoms in total. The molecule has 3 rings (SSSR count). The van der Waals surface area contributed by atoms with E-state index in [0.717, 1.165) is 48.1 Å². The van der Waals surface area contributed by atoms with Crippen molar-refractivity contribution in [3.8, 4) is 11.5 Å². The Morgan fingerprint density at radius 2 is 1.64 bits per heavy atom. The average molecular weight is 377 g/mol. The minimum atomic E-state index is -0.108. The second-order valence-corrected chi connectivity index (χ2v) is 6.68. The molecule has 28 heavy (non-hydrogen) atoms. The molecule has 1 amide bonds. The number of carbonyl (C=O) groups excluding carboxylic acids is 1. The molecule has 146 valence electrons. The van der Waals surface area contributed by atoms with Gasteiger partial charge in [-0.2, -0.15) is 0 Å². The normalized spacial score (nSPS) is 10.6. The van der Waals surface area contributed by atoms with E-state index in [1.165, 1.54) is 5.56 Å². The first kappa shape index (κ1) is 19.7. The first-order chi connectivity index (χ1) is 13.8. The first-order valence-corrected chi connectivity index (χ1v) is 9.86. The quantitative estimate of drug-likeness (QED) is 0.518. The smallest absolute Gasteiger partial charge is 0.257 e. The fraction of sp³-hybridized carbons (Fsp3) is 0.292. The molecule has 3 aromatic carbocycles. The highest BCUT2D eigenvalue weighted by Gasteiger charge is 2.06. The molecule has 3 aromatic rings. The lowest BCUT2D eigenvalue weighted by Crippen LogP contribution is -2.30. The Morgan fingerprint density at radius 3 is 2.54 bits per heavy atom. The molecule has 0 saturated heterocycles. The summed E-state index contributed by atoms with van der Waals surface area (Å²) in [6, 6.07) is 21.9. The molecular formula is C24H27NO3. The van der Waals surface area contributed by atoms with Crippen molar-refractivity contribution in [2.75, 3.05) is 19.8 Å². The highest BCUT2D eigenvalue weighted by Crippen LogP contribution is 2.25. The number of aryl methyl sites for hydroxylation is 1. The number of amides is 1. The number of carbonyl (C=O) groups is 1. The third-order valence-corrected chi connectivity index (χ3v) is 4.49. The number of hydrogen-bond acceptors (Lipinski definition) is 3. The Morgan fingerprint density at radius 1 is 0.893 bits per heavy atom. The van der Waals surface area contributed by atoms with Gasteiger partial charge in [0.1, 0.15) is 11.5 Å². The fourth-order valence-electron chi connectivity index (χ4n) is 3.09. The number of rotatable bonds is 10. The zero-order valence-corrected chi connectivity index (χ0v) is 16.3. The second kappa shape index (κ2) is 10.4. The molecule has 0 aliphatic rings. The number of fused-ring (bicyclic) bond motifs is 1. The van der Waals surface area contributed by atoms with Gasteiger partial charge < -0.3 is 14.8 Å². The lowest BCUT2D eigenvalue weighted by atomic mass is 10.1. The summed E-state index contributed by atoms with van der Waals surface area (Å²) < 4.78 is 11.5. The van der Waals surface area contributed by atoms with Crippen LogP contribution in [0.1, 0.15) is 25.3 Å². The van der Waals surface area contributed by atoms with Crippen molar-refractivity contribution in [3.63, 3.8) is 0 Å². The van der Waals surface area contributed by atoms with Gasteiger partial charge in [-0.05, 0) is 42.3 Å². The standard InChI is InChI=1S/C24H27NO3/c1-2-17-27-22-14-6-4-10-20(22)12-8-16-25-24(26)18-28-23-15-7-11-19-9-3-5-13-21(19)23/h3-7,9-11,13-15H,2,8,12,16-18H2,1H3,(H,25,26). The van der Waals surface area contributed by atoms with Crippen LogP contribution >= 0.6 is 0 Å². The number of para-hydroxylation sites is 1. The molecule has 1 N–H and O–H groups in total. The SMILES string of the molecule is CCCOc1ccccc1CCCNC(=O)COc1cccc2ccccc12. The summed E-state index contributed by atoms with van der Waals surface area (Å²) >= 11 is 0. The van der Waals surface area contributed by atoms with Gasteiger partial charge in [0.15, 0.2) is 6.61 Å². The number of benzene rings is 3. The Balaban J connectivity index is 1.43. The van der Waals surface area contributed by atoms with Crippen LogP contribution in [0.15, 0.2) is 66.7 Å². The Bertz CT molecular complexity index is 902. The second-order valence-electron chi connectivity index (χ2n) is 6.68. The molecular weight excluding hydrogens is 350 g/mol. The lowest BCUT2D eigenvalue weighted by Gasteiger charge is -2.12. The third kappa shape index (κ3) is 5.49. The predicted molar refractivity (Wildman–Crippen MR) is 113 cm³/mol. The highest BCUT2D eigenvalue weighted by atomic mass is 16.5. The zero-order valence-electron chi connectivity index (χ0n) is 16.3. The summed E-state index contributed by atoms with van der Waals surface area (Å²) in [6.45, 7) is 3.45. The van der Waals surface area contributed by atoms with Gasteiger partial charge in [0.25, 0.3) is 5.91 Å². The molecule has 0 aliphatic heterocycles. The van der Waals surface area contributed by atoms with E-state index in [0.29, 0.717) is 6.54 Å². The summed E-state index contributed by atoms with van der Waals surface area (Å²) in [6.07, 6.45) is 2.71. The van der Waals surface area contributed by atoms with E-state index in [9.17, 15) is 4.79 Å². The summed E-state index contributed by atoms with van der Waals surface area (Å²) in [7, 11) is 0. The summed E-state index contributed by atoms with van der Waals surface area (Å²) in [5, 5.41) is 5.05. The largest absolute Gasteiger partial charge is 0.493 e. The number of hydrogen-bond donors (Lipinski definition) is 1. The van der Waals surface area contributed by atoms with Crippen molar-refractivity contribution in [2.24, 2.45) is 0 Å². The molecule has 0 spiro atoms. The molecule has 0 aromatic heterocycles. The van der Waals surface area contributed by atoms with Crippen LogP contribution in [0.25, 0.3) is 10.8 Å². The maximum Gasteiger partial charge on any atom is 0.257 e. The van der Waals surface area contributed by atoms with Crippen LogP contribution in [-0.2, 0) is 11.2 Å². The summed E-state index contributed by atoms with van der Waals surface area (Å²) in [5.74, 6) is 1.56. The fourth-order valence-corrected chi connectivity index (χ4v) is 3.09. The van der Waals surface area contributed by atoms with Crippen LogP contribution in [0.4, 0.5) is 0 Å². The van der Waals surface area contributed by atoms with Crippen molar-refractivity contribution >= 4 is 16.7 Å². The van der Waals surface area contributed by atoms with E-state index in [2.05, 4.69) is 18.3 Å². The maximum atomic E-state index is 12.1. The molecule has 0 radical (unpaired) electrons. The van der Waals surface area contributed by atoms with Crippen LogP contribution in [0.2, 0.25) is 0 Å². The van der Waals surface area contributed by atoms with Crippen LogP contribution in [0.3, 0.4) is 0 Å². The van der Waals surface area contributed by atoms with Gasteiger partial charge in [-0.3, -0.25) is 4.79 Å². The molecule has 0 atom stereocenters. The number of ether oxygens (including phenoxy) is 2. The zero-order chi connectivity index (χ0) is 19.6. The van der Waals surface area contributed by atoms with Crippen LogP contribution < -0.4 is 14.8 Å². The van der Waals surface area contributed by atoms with Gasteiger partial charge in [-0.1, -0.05) is 61.5 Å². The van der Waals surface area contributed by atoms with Crippen molar-refractivity contribution < 1.29 is 14.3 Å². The van der Waals surface area contributed by atoms with Crippen LogP contribution in [0.5, 0.6) is 11.5 Å². The maximum absolute atomic E-state index is 12.1. The highest BCUT2D eigenvalue weighted by molar-refractivity contribution is 5.88. The Hall–Kier alpha value is -3.01. The van der Waals surface area contributed by atoms with Crippen molar-refractivity contribution in [3.05, 3.63) is 72.3 Å². The van der Waals surface area contributed by atoms with Crippen molar-refractivity contribution in [1.29, 1.82) is 0 Å². The third-order valence-electron chi connectivity index (χ3n) is 4.49. The minimum Gasteiger partial charge on any atom is -0.493 e. The van der Waals surface area contributed by atoms with Crippen molar-refractivity contribution in [1.82, 2.24) is 5.32 Å². The lowest BCUT2D eigenvalue weighted by molar-refractivity contribution is -0.123. The summed E-state index contributed by atoms with van der Waals surface area (Å²) in [4.78, 5) is 12.1. The summed E-state index contributed by atoms with van der Waals surface area (Å²) in [5.41, 5.74) is 1.18. The first-order valence-electron chi connectivity index (χ1n) is 9.86. The topological polar surface area (TPSA) is 47.6 Å². The predicted octanol–water partition coefficient (Wildman–Crippen LogP) is 4.76. The van der Waals surface area contributed by atoms with E-state index in [1.54, 1.807) is 0 Å². The van der Waals surface area contributed by atoms with Crippen LogP contribution in [-0.4, -0.2) is 25.7 Å². The molecule has 4 heteroatoms. The van der Waals surface area contributed by atoms with Gasteiger partial charge in [-0.25, -0.2) is 0 Å². The molecule has 0 fully saturated rings. The van der Waals surface area contributed by atoms with Crippen molar-refractivity contribution in [2.45, 2.75) is 26.2 Å². The monoisotopic (exact) mass is 377 g/mol. The Labute approximate surface area is 166 Å². The van der Waals surface area contributed by atoms with Crippen LogP contribution in [0, 0.1) is 0 Å². The average Bonchev–Trinajstić information content (AvgIpc) is 2.74.